The molecule has 0 aliphatic carbocycles. The summed E-state index contributed by atoms with van der Waals surface area (Å²) in [4.78, 5) is 10.9. The molecule has 0 unspecified atom stereocenters. The summed E-state index contributed by atoms with van der Waals surface area (Å²) in [5.74, 6) is 0.636. The average Bonchev–Trinajstić information content (AvgIpc) is 2.38. The lowest BCUT2D eigenvalue weighted by atomic mass is 9.88. The highest BCUT2D eigenvalue weighted by Crippen LogP contribution is 2.27. The molecule has 1 aromatic carbocycles. The zero-order valence-electron chi connectivity index (χ0n) is 12.3. The molecule has 4 heteroatoms. The van der Waals surface area contributed by atoms with Crippen LogP contribution < -0.4 is 11.1 Å². The van der Waals surface area contributed by atoms with Crippen molar-refractivity contribution < 1.29 is 9.53 Å². The molecule has 2 rings (SSSR count). The van der Waals surface area contributed by atoms with E-state index in [2.05, 4.69) is 29.6 Å². The molecule has 4 nitrogen and oxygen atoms in total. The first-order valence-electron chi connectivity index (χ1n) is 7.24. The highest BCUT2D eigenvalue weighted by atomic mass is 16.6. The van der Waals surface area contributed by atoms with Gasteiger partial charge in [0.2, 0.25) is 0 Å². The van der Waals surface area contributed by atoms with Crippen LogP contribution in [-0.4, -0.2) is 24.8 Å². The van der Waals surface area contributed by atoms with Crippen LogP contribution in [0.15, 0.2) is 24.3 Å². The van der Waals surface area contributed by atoms with Crippen LogP contribution >= 0.6 is 0 Å². The molecular formula is C16H24N2O2. The van der Waals surface area contributed by atoms with Gasteiger partial charge in [0.25, 0.3) is 0 Å². The van der Waals surface area contributed by atoms with Crippen molar-refractivity contribution in [3.8, 4) is 0 Å². The van der Waals surface area contributed by atoms with Crippen molar-refractivity contribution in [2.45, 2.75) is 44.6 Å². The van der Waals surface area contributed by atoms with Crippen LogP contribution in [0.25, 0.3) is 0 Å². The third kappa shape index (κ3) is 4.23. The molecule has 0 aromatic heterocycles. The molecule has 1 saturated heterocycles. The third-order valence-corrected chi connectivity index (χ3v) is 3.77. The van der Waals surface area contributed by atoms with Gasteiger partial charge in [-0.1, -0.05) is 24.3 Å². The number of hydrogen-bond donors (Lipinski definition) is 2. The van der Waals surface area contributed by atoms with Crippen molar-refractivity contribution in [1.82, 2.24) is 5.32 Å². The summed E-state index contributed by atoms with van der Waals surface area (Å²) in [5, 5.41) is 3.39. The second kappa shape index (κ2) is 6.27. The van der Waals surface area contributed by atoms with Crippen LogP contribution in [0.4, 0.5) is 4.79 Å². The van der Waals surface area contributed by atoms with E-state index in [-0.39, 0.29) is 0 Å². The number of ether oxygens (including phenoxy) is 1. The van der Waals surface area contributed by atoms with Crippen LogP contribution in [0.1, 0.15) is 43.7 Å². The Labute approximate surface area is 120 Å². The van der Waals surface area contributed by atoms with Crippen molar-refractivity contribution >= 4 is 6.09 Å². The van der Waals surface area contributed by atoms with E-state index in [0.717, 1.165) is 13.1 Å². The number of nitrogens with two attached hydrogens (primary N) is 1. The largest absolute Gasteiger partial charge is 0.443 e. The van der Waals surface area contributed by atoms with E-state index in [1.54, 1.807) is 0 Å². The summed E-state index contributed by atoms with van der Waals surface area (Å²) >= 11 is 0. The molecule has 0 atom stereocenters. The van der Waals surface area contributed by atoms with Gasteiger partial charge in [-0.25, -0.2) is 4.79 Å². The molecule has 110 valence electrons. The lowest BCUT2D eigenvalue weighted by Crippen LogP contribution is -2.33. The minimum absolute atomic E-state index is 0.571. The van der Waals surface area contributed by atoms with E-state index >= 15 is 0 Å². The smallest absolute Gasteiger partial charge is 0.405 e. The van der Waals surface area contributed by atoms with Gasteiger partial charge in [-0.3, -0.25) is 0 Å². The normalized spacial score (nSPS) is 16.9. The summed E-state index contributed by atoms with van der Waals surface area (Å²) in [6.07, 6.45) is 2.33. The molecule has 0 spiro atoms. The zero-order chi connectivity index (χ0) is 14.6. The lowest BCUT2D eigenvalue weighted by molar-refractivity contribution is 0.0460. The van der Waals surface area contributed by atoms with Gasteiger partial charge in [0, 0.05) is 6.42 Å². The first kappa shape index (κ1) is 14.9. The van der Waals surface area contributed by atoms with E-state index < -0.39 is 11.7 Å². The van der Waals surface area contributed by atoms with Crippen LogP contribution in [0.3, 0.4) is 0 Å². The van der Waals surface area contributed by atoms with E-state index in [4.69, 9.17) is 10.5 Å². The maximum Gasteiger partial charge on any atom is 0.405 e. The molecule has 1 fully saturated rings. The molecule has 3 N–H and O–H groups in total. The first-order chi connectivity index (χ1) is 9.46. The summed E-state index contributed by atoms with van der Waals surface area (Å²) in [6, 6.07) is 8.60. The minimum Gasteiger partial charge on any atom is -0.443 e. The Hall–Kier alpha value is -1.55. The summed E-state index contributed by atoms with van der Waals surface area (Å²) in [6.45, 7) is 5.94. The van der Waals surface area contributed by atoms with E-state index in [1.165, 1.54) is 24.0 Å². The SMILES string of the molecule is CC(C)(Cc1cccc(C2CCNCC2)c1)OC(N)=O. The quantitative estimate of drug-likeness (QED) is 0.888. The highest BCUT2D eigenvalue weighted by molar-refractivity contribution is 5.65. The predicted molar refractivity (Wildman–Crippen MR) is 79.7 cm³/mol. The fourth-order valence-electron chi connectivity index (χ4n) is 2.91. The number of carbonyl (C=O) groups is 1. The Morgan fingerprint density at radius 2 is 2.10 bits per heavy atom. The summed E-state index contributed by atoms with van der Waals surface area (Å²) in [5.41, 5.74) is 7.12. The Kier molecular flexibility index (Phi) is 4.65. The Morgan fingerprint density at radius 3 is 2.75 bits per heavy atom. The van der Waals surface area contributed by atoms with E-state index in [9.17, 15) is 4.79 Å². The van der Waals surface area contributed by atoms with E-state index in [0.29, 0.717) is 12.3 Å². The van der Waals surface area contributed by atoms with Crippen molar-refractivity contribution in [3.63, 3.8) is 0 Å². The number of hydrogen-bond acceptors (Lipinski definition) is 3. The standard InChI is InChI=1S/C16H24N2O2/c1-16(2,20-15(17)19)11-12-4-3-5-14(10-12)13-6-8-18-9-7-13/h3-5,10,13,18H,6-9,11H2,1-2H3,(H2,17,19). The lowest BCUT2D eigenvalue weighted by Gasteiger charge is -2.26. The fourth-order valence-corrected chi connectivity index (χ4v) is 2.91. The molecule has 1 heterocycles. The predicted octanol–water partition coefficient (Wildman–Crippen LogP) is 2.57. The Balaban J connectivity index is 2.07. The van der Waals surface area contributed by atoms with Gasteiger partial charge in [0.05, 0.1) is 0 Å². The van der Waals surface area contributed by atoms with Crippen LogP contribution in [0, 0.1) is 0 Å². The van der Waals surface area contributed by atoms with Crippen molar-refractivity contribution in [3.05, 3.63) is 35.4 Å². The van der Waals surface area contributed by atoms with Crippen molar-refractivity contribution in [1.29, 1.82) is 0 Å². The Bertz CT molecular complexity index is 465. The van der Waals surface area contributed by atoms with Crippen LogP contribution in [0.5, 0.6) is 0 Å². The van der Waals surface area contributed by atoms with Gasteiger partial charge in [-0.2, -0.15) is 0 Å². The van der Waals surface area contributed by atoms with Gasteiger partial charge in [0.1, 0.15) is 5.60 Å². The van der Waals surface area contributed by atoms with Gasteiger partial charge in [-0.15, -0.1) is 0 Å². The second-order valence-corrected chi connectivity index (χ2v) is 6.13. The number of carbonyl (C=O) groups excluding carboxylic acids is 1. The first-order valence-corrected chi connectivity index (χ1v) is 7.24. The highest BCUT2D eigenvalue weighted by Gasteiger charge is 2.23. The third-order valence-electron chi connectivity index (χ3n) is 3.77. The number of piperidine rings is 1. The number of rotatable bonds is 4. The Morgan fingerprint density at radius 1 is 1.40 bits per heavy atom. The number of benzene rings is 1. The van der Waals surface area contributed by atoms with Gasteiger partial charge >= 0.3 is 6.09 Å². The zero-order valence-corrected chi connectivity index (χ0v) is 12.3. The van der Waals surface area contributed by atoms with E-state index in [1.807, 2.05) is 13.8 Å². The summed E-state index contributed by atoms with van der Waals surface area (Å²) < 4.78 is 5.16. The molecule has 1 amide bonds. The van der Waals surface area contributed by atoms with Gasteiger partial charge < -0.3 is 15.8 Å². The molecule has 1 aliphatic heterocycles. The second-order valence-electron chi connectivity index (χ2n) is 6.13. The molecule has 20 heavy (non-hydrogen) atoms. The van der Waals surface area contributed by atoms with Gasteiger partial charge in [0.15, 0.2) is 0 Å². The molecule has 0 bridgehead atoms. The average molecular weight is 276 g/mol. The summed E-state index contributed by atoms with van der Waals surface area (Å²) in [7, 11) is 0. The maximum atomic E-state index is 10.9. The number of amides is 1. The van der Waals surface area contributed by atoms with Crippen LogP contribution in [0.2, 0.25) is 0 Å². The molecule has 0 saturated carbocycles. The molecule has 1 aliphatic rings. The monoisotopic (exact) mass is 276 g/mol. The fraction of sp³-hybridized carbons (Fsp3) is 0.562. The molecule has 0 radical (unpaired) electrons. The molecule has 1 aromatic rings. The van der Waals surface area contributed by atoms with Gasteiger partial charge in [-0.05, 0) is 56.8 Å². The number of nitrogens with one attached hydrogen (secondary N) is 1. The van der Waals surface area contributed by atoms with Crippen molar-refractivity contribution in [2.75, 3.05) is 13.1 Å². The van der Waals surface area contributed by atoms with Crippen molar-refractivity contribution in [2.24, 2.45) is 5.73 Å². The maximum absolute atomic E-state index is 10.9. The minimum atomic E-state index is -0.718. The van der Waals surface area contributed by atoms with Crippen LogP contribution in [-0.2, 0) is 11.2 Å². The molecular weight excluding hydrogens is 252 g/mol. The number of primary amides is 1. The topological polar surface area (TPSA) is 64.3 Å².